The second kappa shape index (κ2) is 8.37. The van der Waals surface area contributed by atoms with Crippen LogP contribution in [0.1, 0.15) is 50.5 Å². The van der Waals surface area contributed by atoms with Gasteiger partial charge in [-0.15, -0.1) is 13.2 Å². The highest BCUT2D eigenvalue weighted by molar-refractivity contribution is 5.33. The van der Waals surface area contributed by atoms with Gasteiger partial charge in [-0.1, -0.05) is 31.4 Å². The largest absolute Gasteiger partial charge is 0.573 e. The normalized spacial score (nSPS) is 25.1. The number of alkyl halides is 3. The number of nitrogens with zero attached hydrogens (tertiary/aromatic N) is 1. The summed E-state index contributed by atoms with van der Waals surface area (Å²) in [5, 5.41) is 14.8. The lowest BCUT2D eigenvalue weighted by molar-refractivity contribution is -0.274. The molecular weight excluding hydrogens is 357 g/mol. The zero-order valence-corrected chi connectivity index (χ0v) is 15.8. The molecule has 0 spiro atoms. The van der Waals surface area contributed by atoms with E-state index in [4.69, 9.17) is 0 Å². The fraction of sp³-hybridized carbons (Fsp3) is 0.700. The summed E-state index contributed by atoms with van der Waals surface area (Å²) >= 11 is 0. The predicted octanol–water partition coefficient (Wildman–Crippen LogP) is 3.66. The van der Waals surface area contributed by atoms with E-state index in [1.165, 1.54) is 12.1 Å². The van der Waals surface area contributed by atoms with Gasteiger partial charge in [0.05, 0.1) is 5.60 Å². The lowest BCUT2D eigenvalue weighted by atomic mass is 9.72. The van der Waals surface area contributed by atoms with Gasteiger partial charge in [0.2, 0.25) is 0 Å². The summed E-state index contributed by atoms with van der Waals surface area (Å²) in [6, 6.07) is 6.50. The maximum Gasteiger partial charge on any atom is 0.573 e. The van der Waals surface area contributed by atoms with Crippen LogP contribution < -0.4 is 10.1 Å². The zero-order valence-electron chi connectivity index (χ0n) is 15.8. The number of piperazine rings is 1. The molecule has 2 fully saturated rings. The van der Waals surface area contributed by atoms with Crippen LogP contribution in [0.5, 0.6) is 5.75 Å². The molecule has 7 heteroatoms. The first-order valence-electron chi connectivity index (χ1n) is 9.79. The Hall–Kier alpha value is -1.31. The lowest BCUT2D eigenvalue weighted by Crippen LogP contribution is -2.52. The predicted molar refractivity (Wildman–Crippen MR) is 97.8 cm³/mol. The highest BCUT2D eigenvalue weighted by Crippen LogP contribution is 2.41. The Morgan fingerprint density at radius 2 is 2.04 bits per heavy atom. The minimum Gasteiger partial charge on any atom is -0.406 e. The average molecular weight is 386 g/mol. The highest BCUT2D eigenvalue weighted by atomic mass is 19.4. The standard InChI is InChI=1S/C20H29F3N2O2/c1-15-13-25(11-10-24-15)14-18(19(26)8-3-2-4-9-19)16-6-5-7-17(12-16)27-20(21,22)23/h5-7,12,15,18,24,26H,2-4,8-11,13-14H2,1H3/t15-,18+/m0/s1. The fourth-order valence-corrected chi connectivity index (χ4v) is 4.46. The van der Waals surface area contributed by atoms with Crippen LogP contribution in [0.4, 0.5) is 13.2 Å². The number of ether oxygens (including phenoxy) is 1. The van der Waals surface area contributed by atoms with E-state index < -0.39 is 12.0 Å². The molecule has 0 amide bonds. The van der Waals surface area contributed by atoms with E-state index in [1.807, 2.05) is 6.07 Å². The van der Waals surface area contributed by atoms with Gasteiger partial charge in [-0.2, -0.15) is 0 Å². The zero-order chi connectivity index (χ0) is 19.5. The smallest absolute Gasteiger partial charge is 0.406 e. The minimum atomic E-state index is -4.72. The summed E-state index contributed by atoms with van der Waals surface area (Å²) in [4.78, 5) is 2.30. The fourth-order valence-electron chi connectivity index (χ4n) is 4.46. The van der Waals surface area contributed by atoms with Crippen molar-refractivity contribution in [2.24, 2.45) is 0 Å². The summed E-state index contributed by atoms with van der Waals surface area (Å²) in [7, 11) is 0. The maximum absolute atomic E-state index is 12.6. The second-order valence-electron chi connectivity index (χ2n) is 7.95. The molecule has 0 radical (unpaired) electrons. The average Bonchev–Trinajstić information content (AvgIpc) is 2.59. The van der Waals surface area contributed by atoms with Gasteiger partial charge in [-0.3, -0.25) is 4.90 Å². The van der Waals surface area contributed by atoms with Crippen LogP contribution in [-0.4, -0.2) is 54.2 Å². The highest BCUT2D eigenvalue weighted by Gasteiger charge is 2.40. The molecule has 1 aromatic carbocycles. The quantitative estimate of drug-likeness (QED) is 0.811. The Bertz CT molecular complexity index is 617. The van der Waals surface area contributed by atoms with Crippen LogP contribution in [0.2, 0.25) is 0 Å². The van der Waals surface area contributed by atoms with E-state index in [9.17, 15) is 18.3 Å². The van der Waals surface area contributed by atoms with Gasteiger partial charge in [-0.05, 0) is 37.5 Å². The van der Waals surface area contributed by atoms with Gasteiger partial charge < -0.3 is 15.2 Å². The summed E-state index contributed by atoms with van der Waals surface area (Å²) in [5.74, 6) is -0.460. The third-order valence-corrected chi connectivity index (χ3v) is 5.76. The molecule has 1 saturated carbocycles. The molecule has 1 aliphatic heterocycles. The number of benzene rings is 1. The van der Waals surface area contributed by atoms with Gasteiger partial charge in [0.25, 0.3) is 0 Å². The van der Waals surface area contributed by atoms with Crippen LogP contribution in [0.25, 0.3) is 0 Å². The van der Waals surface area contributed by atoms with Crippen LogP contribution in [-0.2, 0) is 0 Å². The topological polar surface area (TPSA) is 44.7 Å². The van der Waals surface area contributed by atoms with Crippen molar-refractivity contribution in [3.05, 3.63) is 29.8 Å². The van der Waals surface area contributed by atoms with E-state index in [0.29, 0.717) is 31.0 Å². The molecular formula is C20H29F3N2O2. The van der Waals surface area contributed by atoms with Crippen molar-refractivity contribution in [2.75, 3.05) is 26.2 Å². The van der Waals surface area contributed by atoms with Crippen molar-refractivity contribution in [3.63, 3.8) is 0 Å². The number of halogens is 3. The third-order valence-electron chi connectivity index (χ3n) is 5.76. The Morgan fingerprint density at radius 1 is 1.30 bits per heavy atom. The molecule has 4 nitrogen and oxygen atoms in total. The molecule has 1 heterocycles. The molecule has 27 heavy (non-hydrogen) atoms. The van der Waals surface area contributed by atoms with E-state index >= 15 is 0 Å². The second-order valence-corrected chi connectivity index (χ2v) is 7.95. The van der Waals surface area contributed by atoms with Gasteiger partial charge in [0.1, 0.15) is 5.75 Å². The lowest BCUT2D eigenvalue weighted by Gasteiger charge is -2.43. The number of aliphatic hydroxyl groups is 1. The SMILES string of the molecule is C[C@H]1CN(C[C@H](c2cccc(OC(F)(F)F)c2)C2(O)CCCCC2)CCN1. The van der Waals surface area contributed by atoms with Crippen LogP contribution in [0.3, 0.4) is 0 Å². The monoisotopic (exact) mass is 386 g/mol. The van der Waals surface area contributed by atoms with Crippen molar-refractivity contribution in [1.29, 1.82) is 0 Å². The number of nitrogens with one attached hydrogen (secondary N) is 1. The molecule has 0 unspecified atom stereocenters. The first kappa shape index (κ1) is 20.4. The molecule has 2 N–H and O–H groups in total. The molecule has 152 valence electrons. The first-order valence-corrected chi connectivity index (χ1v) is 9.79. The number of hydrogen-bond donors (Lipinski definition) is 2. The van der Waals surface area contributed by atoms with Crippen molar-refractivity contribution >= 4 is 0 Å². The summed E-state index contributed by atoms with van der Waals surface area (Å²) in [6.45, 7) is 5.37. The van der Waals surface area contributed by atoms with Crippen molar-refractivity contribution in [2.45, 2.75) is 63.0 Å². The summed E-state index contributed by atoms with van der Waals surface area (Å²) in [6.07, 6.45) is -0.360. The van der Waals surface area contributed by atoms with Gasteiger partial charge in [-0.25, -0.2) is 0 Å². The summed E-state index contributed by atoms with van der Waals surface area (Å²) in [5.41, 5.74) is -0.171. The van der Waals surface area contributed by atoms with Crippen LogP contribution in [0, 0.1) is 0 Å². The van der Waals surface area contributed by atoms with Crippen LogP contribution >= 0.6 is 0 Å². The van der Waals surface area contributed by atoms with Crippen molar-refractivity contribution < 1.29 is 23.0 Å². The Morgan fingerprint density at radius 3 is 2.70 bits per heavy atom. The first-order chi connectivity index (χ1) is 12.8. The molecule has 3 rings (SSSR count). The van der Waals surface area contributed by atoms with Crippen LogP contribution in [0.15, 0.2) is 24.3 Å². The van der Waals surface area contributed by atoms with E-state index in [0.717, 1.165) is 38.9 Å². The van der Waals surface area contributed by atoms with Crippen molar-refractivity contribution in [3.8, 4) is 5.75 Å². The molecule has 1 aromatic rings. The van der Waals surface area contributed by atoms with E-state index in [2.05, 4.69) is 21.9 Å². The summed E-state index contributed by atoms with van der Waals surface area (Å²) < 4.78 is 42.0. The molecule has 2 atom stereocenters. The minimum absolute atomic E-state index is 0.224. The van der Waals surface area contributed by atoms with Crippen molar-refractivity contribution in [1.82, 2.24) is 10.2 Å². The van der Waals surface area contributed by atoms with Gasteiger partial charge in [0.15, 0.2) is 0 Å². The number of hydrogen-bond acceptors (Lipinski definition) is 4. The molecule has 0 aromatic heterocycles. The van der Waals surface area contributed by atoms with Gasteiger partial charge >= 0.3 is 6.36 Å². The Balaban J connectivity index is 1.86. The Labute approximate surface area is 158 Å². The third kappa shape index (κ3) is 5.59. The number of rotatable bonds is 5. The molecule has 0 bridgehead atoms. The maximum atomic E-state index is 12.6. The molecule has 2 aliphatic rings. The van der Waals surface area contributed by atoms with E-state index in [1.54, 1.807) is 6.07 Å². The molecule has 1 aliphatic carbocycles. The van der Waals surface area contributed by atoms with Gasteiger partial charge in [0, 0.05) is 38.1 Å². The Kier molecular flexibility index (Phi) is 6.33. The van der Waals surface area contributed by atoms with E-state index in [-0.39, 0.29) is 11.7 Å². The molecule has 1 saturated heterocycles.